The van der Waals surface area contributed by atoms with E-state index in [0.717, 1.165) is 75.0 Å². The minimum Gasteiger partial charge on any atom is -0.372 e. The normalized spacial score (nSPS) is 20.5. The number of rotatable bonds is 9. The van der Waals surface area contributed by atoms with Crippen LogP contribution in [0.5, 0.6) is 0 Å². The predicted molar refractivity (Wildman–Crippen MR) is 208 cm³/mol. The molecule has 2 N–H and O–H groups in total. The van der Waals surface area contributed by atoms with E-state index in [9.17, 15) is 18.0 Å². The third-order valence-corrected chi connectivity index (χ3v) is 13.7. The summed E-state index contributed by atoms with van der Waals surface area (Å²) in [5.41, 5.74) is 3.38. The summed E-state index contributed by atoms with van der Waals surface area (Å²) in [5.74, 6) is 1.97. The molecular formula is C38H47ClN10O4S. The summed E-state index contributed by atoms with van der Waals surface area (Å²) in [5, 5.41) is 11.7. The van der Waals surface area contributed by atoms with Crippen LogP contribution in [-0.2, 0) is 21.9 Å². The summed E-state index contributed by atoms with van der Waals surface area (Å²) in [6, 6.07) is 13.6. The second kappa shape index (κ2) is 15.4. The van der Waals surface area contributed by atoms with Crippen LogP contribution in [0, 0.1) is 5.92 Å². The Hall–Kier alpha value is -4.31. The molecule has 4 aromatic rings. The van der Waals surface area contributed by atoms with Crippen molar-refractivity contribution in [1.82, 2.24) is 34.3 Å². The van der Waals surface area contributed by atoms with Crippen LogP contribution >= 0.6 is 11.6 Å². The molecule has 0 atom stereocenters. The molecule has 16 heteroatoms. The van der Waals surface area contributed by atoms with Gasteiger partial charge in [0, 0.05) is 69.9 Å². The molecule has 4 aliphatic rings. The third-order valence-electron chi connectivity index (χ3n) is 11.6. The Morgan fingerprint density at radius 3 is 2.26 bits per heavy atom. The molecule has 3 amide bonds. The fourth-order valence-corrected chi connectivity index (χ4v) is 10.0. The number of aromatic nitrogens is 4. The van der Waals surface area contributed by atoms with Crippen molar-refractivity contribution in [3.8, 4) is 0 Å². The van der Waals surface area contributed by atoms with Crippen molar-refractivity contribution in [2.75, 3.05) is 67.5 Å². The van der Waals surface area contributed by atoms with Crippen molar-refractivity contribution >= 4 is 61.9 Å². The minimum absolute atomic E-state index is 0.104. The maximum atomic E-state index is 13.5. The standard InChI is InChI=1S/C38H47ClN10O4S/c1-45-34-22-28(2-7-33(34)36(44-45)49-21-14-35(50)43-38(49)51)27-10-15-46(16-11-27)25-26-8-17-47(18-9-26)31-3-5-32(6-4-31)54(52,53)48-19-12-30(13-20-48)42-37-40-23-29(39)24-41-37/h2-7,22-24,26-27,30H,8-21,25H2,1H3,(H,40,41,42)(H,43,50,51). The Bertz CT molecular complexity index is 2090. The zero-order valence-electron chi connectivity index (χ0n) is 30.5. The monoisotopic (exact) mass is 774 g/mol. The number of nitrogens with zero attached hydrogens (tertiary/aromatic N) is 8. The highest BCUT2D eigenvalue weighted by molar-refractivity contribution is 7.89. The van der Waals surface area contributed by atoms with E-state index in [1.54, 1.807) is 33.7 Å². The third kappa shape index (κ3) is 7.77. The van der Waals surface area contributed by atoms with E-state index in [4.69, 9.17) is 11.6 Å². The average Bonchev–Trinajstić information content (AvgIpc) is 3.51. The van der Waals surface area contributed by atoms with Gasteiger partial charge >= 0.3 is 6.03 Å². The molecular weight excluding hydrogens is 728 g/mol. The molecule has 286 valence electrons. The Morgan fingerprint density at radius 1 is 0.870 bits per heavy atom. The topological polar surface area (TPSA) is 149 Å². The molecule has 2 aromatic carbocycles. The predicted octanol–water partition coefficient (Wildman–Crippen LogP) is 4.82. The van der Waals surface area contributed by atoms with Crippen molar-refractivity contribution in [2.24, 2.45) is 13.0 Å². The summed E-state index contributed by atoms with van der Waals surface area (Å²) >= 11 is 5.88. The molecule has 14 nitrogen and oxygen atoms in total. The number of imide groups is 1. The molecule has 0 saturated carbocycles. The van der Waals surface area contributed by atoms with Gasteiger partial charge < -0.3 is 15.1 Å². The van der Waals surface area contributed by atoms with Gasteiger partial charge in [-0.25, -0.2) is 23.2 Å². The molecule has 4 aliphatic heterocycles. The Balaban J connectivity index is 0.789. The second-order valence-corrected chi connectivity index (χ2v) is 17.4. The van der Waals surface area contributed by atoms with Crippen LogP contribution in [0.2, 0.25) is 5.02 Å². The Labute approximate surface area is 320 Å². The summed E-state index contributed by atoms with van der Waals surface area (Å²) in [6.07, 6.45) is 9.16. The van der Waals surface area contributed by atoms with Gasteiger partial charge in [-0.2, -0.15) is 9.40 Å². The lowest BCUT2D eigenvalue weighted by molar-refractivity contribution is -0.120. The smallest absolute Gasteiger partial charge is 0.329 e. The molecule has 0 spiro atoms. The number of hydrogen-bond acceptors (Lipinski definition) is 10. The number of fused-ring (bicyclic) bond motifs is 1. The van der Waals surface area contributed by atoms with Crippen molar-refractivity contribution in [3.63, 3.8) is 0 Å². The van der Waals surface area contributed by atoms with Crippen LogP contribution in [0.4, 0.5) is 22.2 Å². The maximum Gasteiger partial charge on any atom is 0.329 e. The number of likely N-dealkylation sites (tertiary alicyclic amines) is 1. The van der Waals surface area contributed by atoms with Gasteiger partial charge in [0.2, 0.25) is 21.9 Å². The number of sulfonamides is 1. The van der Waals surface area contributed by atoms with E-state index < -0.39 is 16.1 Å². The van der Waals surface area contributed by atoms with E-state index in [0.29, 0.717) is 66.0 Å². The average molecular weight is 775 g/mol. The van der Waals surface area contributed by atoms with Crippen LogP contribution in [0.1, 0.15) is 56.4 Å². The van der Waals surface area contributed by atoms with E-state index in [1.807, 2.05) is 23.9 Å². The minimum atomic E-state index is -3.57. The van der Waals surface area contributed by atoms with Crippen molar-refractivity contribution in [2.45, 2.75) is 61.8 Å². The van der Waals surface area contributed by atoms with Crippen LogP contribution in [-0.4, -0.2) is 108 Å². The first-order valence-electron chi connectivity index (χ1n) is 19.0. The fraction of sp³-hybridized carbons (Fsp3) is 0.500. The first-order valence-corrected chi connectivity index (χ1v) is 20.8. The molecule has 2 aromatic heterocycles. The molecule has 54 heavy (non-hydrogen) atoms. The SMILES string of the molecule is Cn1nc(N2CCC(=O)NC2=O)c2ccc(C3CCN(CC4CCN(c5ccc(S(=O)(=O)N6CCC(Nc7ncc(Cl)cn7)CC6)cc5)CC4)CC3)cc21. The number of anilines is 3. The number of piperidine rings is 3. The van der Waals surface area contributed by atoms with Gasteiger partial charge in [-0.15, -0.1) is 0 Å². The number of halogens is 1. The van der Waals surface area contributed by atoms with Gasteiger partial charge in [0.1, 0.15) is 0 Å². The highest BCUT2D eigenvalue weighted by Crippen LogP contribution is 2.35. The van der Waals surface area contributed by atoms with Gasteiger partial charge in [0.05, 0.1) is 27.8 Å². The number of benzene rings is 2. The molecule has 4 saturated heterocycles. The van der Waals surface area contributed by atoms with Gasteiger partial charge in [-0.05, 0) is 105 Å². The van der Waals surface area contributed by atoms with Crippen LogP contribution in [0.15, 0.2) is 59.8 Å². The van der Waals surface area contributed by atoms with E-state index in [-0.39, 0.29) is 18.4 Å². The van der Waals surface area contributed by atoms with Gasteiger partial charge in [-0.3, -0.25) is 19.7 Å². The molecule has 6 heterocycles. The number of urea groups is 1. The van der Waals surface area contributed by atoms with Crippen molar-refractivity contribution in [1.29, 1.82) is 0 Å². The summed E-state index contributed by atoms with van der Waals surface area (Å²) in [4.78, 5) is 39.4. The van der Waals surface area contributed by atoms with Gasteiger partial charge in [0.25, 0.3) is 0 Å². The summed E-state index contributed by atoms with van der Waals surface area (Å²) in [6.45, 7) is 6.40. The highest BCUT2D eigenvalue weighted by Gasteiger charge is 2.32. The number of hydrogen-bond donors (Lipinski definition) is 2. The Kier molecular flexibility index (Phi) is 10.5. The molecule has 0 unspecified atom stereocenters. The zero-order chi connectivity index (χ0) is 37.4. The molecule has 8 rings (SSSR count). The fourth-order valence-electron chi connectivity index (χ4n) is 8.45. The number of carbonyl (C=O) groups is 2. The van der Waals surface area contributed by atoms with Crippen molar-refractivity contribution < 1.29 is 18.0 Å². The lowest BCUT2D eigenvalue weighted by atomic mass is 9.88. The zero-order valence-corrected chi connectivity index (χ0v) is 32.1. The molecule has 0 bridgehead atoms. The Morgan fingerprint density at radius 2 is 1.57 bits per heavy atom. The van der Waals surface area contributed by atoms with Gasteiger partial charge in [-0.1, -0.05) is 17.7 Å². The summed E-state index contributed by atoms with van der Waals surface area (Å²) < 4.78 is 30.4. The first-order chi connectivity index (χ1) is 26.1. The maximum absolute atomic E-state index is 13.5. The number of carbonyl (C=O) groups excluding carboxylic acids is 2. The molecule has 0 radical (unpaired) electrons. The van der Waals surface area contributed by atoms with E-state index >= 15 is 0 Å². The second-order valence-electron chi connectivity index (χ2n) is 15.0. The highest BCUT2D eigenvalue weighted by atomic mass is 35.5. The summed E-state index contributed by atoms with van der Waals surface area (Å²) in [7, 11) is -1.67. The van der Waals surface area contributed by atoms with Gasteiger partial charge in [0.15, 0.2) is 5.82 Å². The molecule has 0 aliphatic carbocycles. The van der Waals surface area contributed by atoms with Crippen molar-refractivity contribution in [3.05, 3.63) is 65.4 Å². The lowest BCUT2D eigenvalue weighted by Crippen LogP contribution is -2.49. The lowest BCUT2D eigenvalue weighted by Gasteiger charge is -2.38. The first kappa shape index (κ1) is 36.7. The largest absolute Gasteiger partial charge is 0.372 e. The number of aryl methyl sites for hydroxylation is 1. The quantitative estimate of drug-likeness (QED) is 0.243. The number of nitrogens with one attached hydrogen (secondary N) is 2. The van der Waals surface area contributed by atoms with E-state index in [2.05, 4.69) is 53.7 Å². The van der Waals surface area contributed by atoms with Crippen LogP contribution < -0.4 is 20.4 Å². The number of amides is 3. The van der Waals surface area contributed by atoms with E-state index in [1.165, 1.54) is 5.56 Å². The van der Waals surface area contributed by atoms with Crippen LogP contribution in [0.3, 0.4) is 0 Å². The molecule has 4 fully saturated rings. The van der Waals surface area contributed by atoms with Crippen LogP contribution in [0.25, 0.3) is 10.9 Å².